The molecular formula is C13H24N2O2. The topological polar surface area (TPSA) is 32.8 Å². The molecule has 1 atom stereocenters. The van der Waals surface area contributed by atoms with E-state index in [0.29, 0.717) is 11.6 Å². The highest BCUT2D eigenvalue weighted by Crippen LogP contribution is 2.09. The van der Waals surface area contributed by atoms with Crippen LogP contribution in [0, 0.1) is 0 Å². The number of likely N-dealkylation sites (N-methyl/N-ethyl adjacent to an activating group) is 1. The second-order valence-electron chi connectivity index (χ2n) is 4.84. The highest BCUT2D eigenvalue weighted by atomic mass is 16.5. The van der Waals surface area contributed by atoms with Crippen molar-refractivity contribution in [1.29, 1.82) is 0 Å². The van der Waals surface area contributed by atoms with Gasteiger partial charge in [0.25, 0.3) is 0 Å². The summed E-state index contributed by atoms with van der Waals surface area (Å²) in [6.45, 7) is 8.21. The Bertz CT molecular complexity index is 289. The Morgan fingerprint density at radius 1 is 1.47 bits per heavy atom. The van der Waals surface area contributed by atoms with Crippen LogP contribution in [-0.2, 0) is 9.53 Å². The second kappa shape index (κ2) is 6.77. The van der Waals surface area contributed by atoms with Gasteiger partial charge in [0.05, 0.1) is 7.11 Å². The molecule has 17 heavy (non-hydrogen) atoms. The molecule has 1 fully saturated rings. The van der Waals surface area contributed by atoms with Crippen molar-refractivity contribution in [2.75, 3.05) is 40.3 Å². The van der Waals surface area contributed by atoms with E-state index in [1.807, 2.05) is 6.08 Å². The van der Waals surface area contributed by atoms with E-state index in [-0.39, 0.29) is 5.97 Å². The molecule has 0 amide bonds. The van der Waals surface area contributed by atoms with Crippen LogP contribution in [-0.4, -0.2) is 62.1 Å². The van der Waals surface area contributed by atoms with Crippen molar-refractivity contribution in [2.24, 2.45) is 0 Å². The molecule has 1 rings (SSSR count). The van der Waals surface area contributed by atoms with Gasteiger partial charge in [0.2, 0.25) is 0 Å². The van der Waals surface area contributed by atoms with Crippen LogP contribution in [0.1, 0.15) is 20.3 Å². The van der Waals surface area contributed by atoms with Gasteiger partial charge in [-0.2, -0.15) is 0 Å². The van der Waals surface area contributed by atoms with Crippen molar-refractivity contribution in [1.82, 2.24) is 9.80 Å². The summed E-state index contributed by atoms with van der Waals surface area (Å²) < 4.78 is 4.69. The monoisotopic (exact) mass is 240 g/mol. The lowest BCUT2D eigenvalue weighted by atomic mass is 10.2. The average Bonchev–Trinajstić information content (AvgIpc) is 2.46. The maximum Gasteiger partial charge on any atom is 0.333 e. The molecule has 0 aromatic rings. The predicted molar refractivity (Wildman–Crippen MR) is 68.9 cm³/mol. The molecule has 4 heteroatoms. The molecule has 0 aromatic carbocycles. The molecule has 98 valence electrons. The minimum absolute atomic E-state index is 0.232. The number of hydrogen-bond acceptors (Lipinski definition) is 4. The second-order valence-corrected chi connectivity index (χ2v) is 4.84. The van der Waals surface area contributed by atoms with Gasteiger partial charge in [0.15, 0.2) is 0 Å². The number of methoxy groups -OCH3 is 1. The van der Waals surface area contributed by atoms with Gasteiger partial charge in [-0.1, -0.05) is 6.08 Å². The molecular weight excluding hydrogens is 216 g/mol. The zero-order valence-electron chi connectivity index (χ0n) is 11.4. The highest BCUT2D eigenvalue weighted by molar-refractivity contribution is 5.87. The maximum absolute atomic E-state index is 11.3. The van der Waals surface area contributed by atoms with E-state index < -0.39 is 0 Å². The molecule has 1 heterocycles. The summed E-state index contributed by atoms with van der Waals surface area (Å²) in [5.74, 6) is -0.232. The molecule has 0 radical (unpaired) electrons. The van der Waals surface area contributed by atoms with Gasteiger partial charge >= 0.3 is 5.97 Å². The third-order valence-corrected chi connectivity index (χ3v) is 3.32. The van der Waals surface area contributed by atoms with Crippen LogP contribution >= 0.6 is 0 Å². The van der Waals surface area contributed by atoms with E-state index in [9.17, 15) is 4.79 Å². The van der Waals surface area contributed by atoms with Crippen LogP contribution in [0.25, 0.3) is 0 Å². The van der Waals surface area contributed by atoms with Gasteiger partial charge in [-0.05, 0) is 33.9 Å². The van der Waals surface area contributed by atoms with Crippen molar-refractivity contribution in [3.63, 3.8) is 0 Å². The van der Waals surface area contributed by atoms with Crippen LogP contribution in [0.5, 0.6) is 0 Å². The van der Waals surface area contributed by atoms with Gasteiger partial charge in [0, 0.05) is 31.2 Å². The first-order valence-electron chi connectivity index (χ1n) is 6.22. The quantitative estimate of drug-likeness (QED) is 0.547. The van der Waals surface area contributed by atoms with Gasteiger partial charge in [0.1, 0.15) is 0 Å². The zero-order valence-corrected chi connectivity index (χ0v) is 11.4. The van der Waals surface area contributed by atoms with Crippen LogP contribution in [0.2, 0.25) is 0 Å². The maximum atomic E-state index is 11.3. The fourth-order valence-electron chi connectivity index (χ4n) is 2.19. The summed E-state index contributed by atoms with van der Waals surface area (Å²) in [5.41, 5.74) is 0.692. The Morgan fingerprint density at radius 2 is 2.18 bits per heavy atom. The Balaban J connectivity index is 2.52. The van der Waals surface area contributed by atoms with E-state index in [1.54, 1.807) is 6.92 Å². The zero-order chi connectivity index (χ0) is 12.8. The molecule has 0 aliphatic carbocycles. The first kappa shape index (κ1) is 14.2. The fraction of sp³-hybridized carbons (Fsp3) is 0.769. The summed E-state index contributed by atoms with van der Waals surface area (Å²) in [7, 11) is 3.58. The average molecular weight is 240 g/mol. The van der Waals surface area contributed by atoms with Crippen molar-refractivity contribution in [3.8, 4) is 0 Å². The highest BCUT2D eigenvalue weighted by Gasteiger charge is 2.18. The molecule has 0 saturated carbocycles. The SMILES string of the molecule is COC(=O)C(C)=CCN1CCCN(C)CC1C. The molecule has 0 aromatic heterocycles. The number of esters is 1. The van der Waals surface area contributed by atoms with Gasteiger partial charge in [-0.3, -0.25) is 4.90 Å². The summed E-state index contributed by atoms with van der Waals surface area (Å²) in [5, 5.41) is 0. The summed E-state index contributed by atoms with van der Waals surface area (Å²) in [6.07, 6.45) is 3.15. The molecule has 0 spiro atoms. The number of nitrogens with zero attached hydrogens (tertiary/aromatic N) is 2. The van der Waals surface area contributed by atoms with Crippen molar-refractivity contribution < 1.29 is 9.53 Å². The molecule has 0 bridgehead atoms. The van der Waals surface area contributed by atoms with Crippen LogP contribution in [0.3, 0.4) is 0 Å². The first-order chi connectivity index (χ1) is 8.04. The number of carbonyl (C=O) groups is 1. The summed E-state index contributed by atoms with van der Waals surface area (Å²) >= 11 is 0. The molecule has 1 aliphatic heterocycles. The lowest BCUT2D eigenvalue weighted by molar-refractivity contribution is -0.136. The summed E-state index contributed by atoms with van der Waals surface area (Å²) in [6, 6.07) is 0.532. The lowest BCUT2D eigenvalue weighted by Gasteiger charge is -2.26. The van der Waals surface area contributed by atoms with E-state index in [0.717, 1.165) is 26.2 Å². The number of rotatable bonds is 3. The number of hydrogen-bond donors (Lipinski definition) is 0. The molecule has 1 saturated heterocycles. The Hall–Kier alpha value is -0.870. The van der Waals surface area contributed by atoms with Crippen LogP contribution in [0.15, 0.2) is 11.6 Å². The van der Waals surface area contributed by atoms with Crippen LogP contribution in [0.4, 0.5) is 0 Å². The predicted octanol–water partition coefficient (Wildman–Crippen LogP) is 1.13. The standard InChI is InChI=1S/C13H24N2O2/c1-11(13(16)17-4)6-9-15-8-5-7-14(3)10-12(15)2/h6,12H,5,7-10H2,1-4H3. The molecule has 1 aliphatic rings. The smallest absolute Gasteiger partial charge is 0.333 e. The number of ether oxygens (including phenoxy) is 1. The van der Waals surface area contributed by atoms with Crippen molar-refractivity contribution >= 4 is 5.97 Å². The van der Waals surface area contributed by atoms with Gasteiger partial charge in [-0.25, -0.2) is 4.79 Å². The van der Waals surface area contributed by atoms with Crippen molar-refractivity contribution in [3.05, 3.63) is 11.6 Å². The van der Waals surface area contributed by atoms with Crippen molar-refractivity contribution in [2.45, 2.75) is 26.3 Å². The van der Waals surface area contributed by atoms with E-state index >= 15 is 0 Å². The molecule has 1 unspecified atom stereocenters. The summed E-state index contributed by atoms with van der Waals surface area (Å²) in [4.78, 5) is 16.0. The van der Waals surface area contributed by atoms with Gasteiger partial charge < -0.3 is 9.64 Å². The minimum Gasteiger partial charge on any atom is -0.466 e. The fourth-order valence-corrected chi connectivity index (χ4v) is 2.19. The molecule has 4 nitrogen and oxygen atoms in total. The minimum atomic E-state index is -0.232. The van der Waals surface area contributed by atoms with E-state index in [4.69, 9.17) is 0 Å². The van der Waals surface area contributed by atoms with Gasteiger partial charge in [-0.15, -0.1) is 0 Å². The molecule has 0 N–H and O–H groups in total. The Labute approximate surface area is 104 Å². The van der Waals surface area contributed by atoms with E-state index in [2.05, 4.69) is 28.5 Å². The van der Waals surface area contributed by atoms with Crippen LogP contribution < -0.4 is 0 Å². The third-order valence-electron chi connectivity index (χ3n) is 3.32. The third kappa shape index (κ3) is 4.48. The van der Waals surface area contributed by atoms with E-state index in [1.165, 1.54) is 13.5 Å². The number of carbonyl (C=O) groups excluding carboxylic acids is 1. The lowest BCUT2D eigenvalue weighted by Crippen LogP contribution is -2.38. The first-order valence-corrected chi connectivity index (χ1v) is 6.22. The largest absolute Gasteiger partial charge is 0.466 e. The normalized spacial score (nSPS) is 24.5. The Kier molecular flexibility index (Phi) is 5.65. The Morgan fingerprint density at radius 3 is 2.82 bits per heavy atom.